The van der Waals surface area contributed by atoms with Crippen LogP contribution in [0.25, 0.3) is 32.9 Å². The predicted octanol–water partition coefficient (Wildman–Crippen LogP) is 12.1. The average Bonchev–Trinajstić information content (AvgIpc) is 3.24. The molecule has 0 radical (unpaired) electrons. The van der Waals surface area contributed by atoms with Crippen LogP contribution < -0.4 is 14.9 Å². The SMILES string of the molecule is CCCCCN(Nc1nc(OC/C(=C/F)CN2CCCCC2)nc2c(F)c(-c3cc(OCOC)cc4ccc(F)c(C#C[Si](C(C)C)(C(C)C)C(C)C)c34)ncc12)C(=O)OC(C)(C)C. The van der Waals surface area contributed by atoms with E-state index in [1.54, 1.807) is 39.0 Å². The largest absolute Gasteiger partial charge is 0.468 e. The van der Waals surface area contributed by atoms with Gasteiger partial charge in [0, 0.05) is 42.9 Å². The number of benzene rings is 2. The van der Waals surface area contributed by atoms with Crippen molar-refractivity contribution in [3.05, 3.63) is 59.6 Å². The number of anilines is 1. The molecule has 0 saturated carbocycles. The van der Waals surface area contributed by atoms with Crippen LogP contribution in [0.15, 0.2) is 42.4 Å². The number of nitrogens with zero attached hydrogens (tertiary/aromatic N) is 5. The lowest BCUT2D eigenvalue weighted by molar-refractivity contribution is 0.0293. The Bertz CT molecular complexity index is 2310. The highest BCUT2D eigenvalue weighted by atomic mass is 28.3. The summed E-state index contributed by atoms with van der Waals surface area (Å²) in [6.45, 7) is 22.4. The number of piperidine rings is 1. The second-order valence-corrected chi connectivity index (χ2v) is 24.2. The summed E-state index contributed by atoms with van der Waals surface area (Å²) in [7, 11) is -0.859. The number of methoxy groups -OCH3 is 1. The number of aromatic nitrogens is 3. The maximum absolute atomic E-state index is 17.7. The Morgan fingerprint density at radius 1 is 1.00 bits per heavy atom. The number of nitrogens with one attached hydrogen (secondary N) is 1. The molecule has 5 rings (SSSR count). The van der Waals surface area contributed by atoms with Gasteiger partial charge in [-0.2, -0.15) is 9.97 Å². The van der Waals surface area contributed by atoms with E-state index in [-0.39, 0.29) is 76.1 Å². The quantitative estimate of drug-likeness (QED) is 0.0341. The van der Waals surface area contributed by atoms with Gasteiger partial charge in [-0.25, -0.2) is 23.0 Å². The highest BCUT2D eigenvalue weighted by Gasteiger charge is 2.42. The summed E-state index contributed by atoms with van der Waals surface area (Å²) < 4.78 is 71.2. The fourth-order valence-corrected chi connectivity index (χ4v) is 13.9. The Morgan fingerprint density at radius 3 is 2.33 bits per heavy atom. The van der Waals surface area contributed by atoms with E-state index in [0.717, 1.165) is 45.2 Å². The number of carbonyl (C=O) groups excluding carboxylic acids is 1. The van der Waals surface area contributed by atoms with Gasteiger partial charge < -0.3 is 18.9 Å². The van der Waals surface area contributed by atoms with E-state index < -0.39 is 31.4 Å². The molecule has 0 atom stereocenters. The van der Waals surface area contributed by atoms with Gasteiger partial charge in [-0.3, -0.25) is 15.3 Å². The van der Waals surface area contributed by atoms with E-state index in [1.165, 1.54) is 24.4 Å². The first-order valence-electron chi connectivity index (χ1n) is 22.6. The van der Waals surface area contributed by atoms with Crippen LogP contribution in [-0.4, -0.2) is 91.3 Å². The molecule has 1 aliphatic heterocycles. The van der Waals surface area contributed by atoms with Crippen LogP contribution in [0.4, 0.5) is 23.8 Å². The Balaban J connectivity index is 1.75. The van der Waals surface area contributed by atoms with Gasteiger partial charge in [-0.15, -0.1) is 5.54 Å². The fourth-order valence-electron chi connectivity index (χ4n) is 8.74. The zero-order valence-electron chi connectivity index (χ0n) is 39.6. The minimum Gasteiger partial charge on any atom is -0.468 e. The number of pyridine rings is 1. The lowest BCUT2D eigenvalue weighted by Crippen LogP contribution is -2.43. The van der Waals surface area contributed by atoms with Crippen LogP contribution in [0.2, 0.25) is 16.6 Å². The molecule has 1 amide bonds. The highest BCUT2D eigenvalue weighted by Crippen LogP contribution is 2.42. The molecule has 15 heteroatoms. The Morgan fingerprint density at radius 2 is 1.70 bits per heavy atom. The first kappa shape index (κ1) is 50.1. The molecule has 4 aromatic rings. The summed E-state index contributed by atoms with van der Waals surface area (Å²) in [6, 6.07) is 6.03. The van der Waals surface area contributed by atoms with E-state index >= 15 is 8.78 Å². The molecule has 1 aliphatic rings. The Hall–Kier alpha value is -4.91. The molecular weight excluding hydrogens is 838 g/mol. The Labute approximate surface area is 378 Å². The van der Waals surface area contributed by atoms with Gasteiger partial charge >= 0.3 is 12.1 Å². The summed E-state index contributed by atoms with van der Waals surface area (Å²) in [4.78, 5) is 29.6. The first-order chi connectivity index (χ1) is 30.4. The monoisotopic (exact) mass is 904 g/mol. The third-order valence-corrected chi connectivity index (χ3v) is 18.1. The van der Waals surface area contributed by atoms with Crippen molar-refractivity contribution < 1.29 is 36.9 Å². The van der Waals surface area contributed by atoms with Crippen molar-refractivity contribution in [2.24, 2.45) is 0 Å². The van der Waals surface area contributed by atoms with Crippen LogP contribution in [0.1, 0.15) is 113 Å². The van der Waals surface area contributed by atoms with E-state index in [0.29, 0.717) is 41.4 Å². The van der Waals surface area contributed by atoms with Crippen molar-refractivity contribution in [2.45, 2.75) is 130 Å². The minimum absolute atomic E-state index is 0.0131. The number of likely N-dealkylation sites (tertiary alicyclic amines) is 1. The number of rotatable bonds is 18. The van der Waals surface area contributed by atoms with Crippen molar-refractivity contribution in [1.29, 1.82) is 0 Å². The summed E-state index contributed by atoms with van der Waals surface area (Å²) in [5.74, 6) is 2.22. The van der Waals surface area contributed by atoms with Crippen molar-refractivity contribution >= 4 is 41.7 Å². The van der Waals surface area contributed by atoms with Gasteiger partial charge in [0.25, 0.3) is 0 Å². The number of hydrogen-bond donors (Lipinski definition) is 1. The molecular formula is C49H67F3N6O5Si. The topological polar surface area (TPSA) is 111 Å². The van der Waals surface area contributed by atoms with Gasteiger partial charge in [0.2, 0.25) is 0 Å². The number of amides is 1. The van der Waals surface area contributed by atoms with E-state index in [1.807, 2.05) is 0 Å². The smallest absolute Gasteiger partial charge is 0.429 e. The fraction of sp³-hybridized carbons (Fsp3) is 0.551. The molecule has 1 N–H and O–H groups in total. The molecule has 2 aromatic carbocycles. The maximum Gasteiger partial charge on any atom is 0.429 e. The number of hydrogen-bond acceptors (Lipinski definition) is 10. The van der Waals surface area contributed by atoms with Crippen LogP contribution in [0.5, 0.6) is 11.8 Å². The number of ether oxygens (including phenoxy) is 4. The number of unbranched alkanes of at least 4 members (excludes halogenated alkanes) is 2. The van der Waals surface area contributed by atoms with Gasteiger partial charge in [0.15, 0.2) is 18.4 Å². The van der Waals surface area contributed by atoms with Gasteiger partial charge in [0.05, 0.1) is 17.3 Å². The number of fused-ring (bicyclic) bond motifs is 2. The molecule has 3 heterocycles. The molecule has 0 bridgehead atoms. The van der Waals surface area contributed by atoms with Crippen molar-refractivity contribution in [3.8, 4) is 34.5 Å². The minimum atomic E-state index is -2.35. The summed E-state index contributed by atoms with van der Waals surface area (Å²) >= 11 is 0. The molecule has 2 aromatic heterocycles. The van der Waals surface area contributed by atoms with Crippen LogP contribution >= 0.6 is 0 Å². The zero-order valence-corrected chi connectivity index (χ0v) is 40.6. The van der Waals surface area contributed by atoms with Crippen molar-refractivity contribution in [3.63, 3.8) is 0 Å². The molecule has 1 saturated heterocycles. The second-order valence-electron chi connectivity index (χ2n) is 18.6. The number of halogens is 3. The highest BCUT2D eigenvalue weighted by molar-refractivity contribution is 6.90. The van der Waals surface area contributed by atoms with Crippen LogP contribution in [0, 0.1) is 23.1 Å². The predicted molar refractivity (Wildman–Crippen MR) is 252 cm³/mol. The average molecular weight is 905 g/mol. The van der Waals surface area contributed by atoms with Gasteiger partial charge in [-0.1, -0.05) is 79.7 Å². The van der Waals surface area contributed by atoms with E-state index in [9.17, 15) is 9.18 Å². The molecule has 0 aliphatic carbocycles. The first-order valence-corrected chi connectivity index (χ1v) is 24.8. The van der Waals surface area contributed by atoms with Crippen molar-refractivity contribution in [1.82, 2.24) is 24.9 Å². The molecule has 64 heavy (non-hydrogen) atoms. The summed E-state index contributed by atoms with van der Waals surface area (Å²) in [6.07, 6.45) is 6.81. The third kappa shape index (κ3) is 12.0. The second kappa shape index (κ2) is 22.3. The number of carbonyl (C=O) groups is 1. The van der Waals surface area contributed by atoms with E-state index in [4.69, 9.17) is 18.9 Å². The number of hydrazine groups is 1. The molecule has 11 nitrogen and oxygen atoms in total. The summed E-state index contributed by atoms with van der Waals surface area (Å²) in [5, 5.41) is 2.31. The molecule has 0 unspecified atom stereocenters. The zero-order chi connectivity index (χ0) is 46.8. The van der Waals surface area contributed by atoms with Crippen LogP contribution in [-0.2, 0) is 9.47 Å². The van der Waals surface area contributed by atoms with Crippen LogP contribution in [0.3, 0.4) is 0 Å². The molecule has 1 fully saturated rings. The Kier molecular flexibility index (Phi) is 17.5. The maximum atomic E-state index is 17.7. The third-order valence-electron chi connectivity index (χ3n) is 11.8. The normalized spacial score (nSPS) is 14.0. The van der Waals surface area contributed by atoms with Gasteiger partial charge in [-0.05, 0) is 93.3 Å². The molecule has 348 valence electrons. The lowest BCUT2D eigenvalue weighted by atomic mass is 9.95. The summed E-state index contributed by atoms with van der Waals surface area (Å²) in [5.41, 5.74) is 7.07. The molecule has 0 spiro atoms. The van der Waals surface area contributed by atoms with E-state index in [2.05, 4.69) is 85.2 Å². The van der Waals surface area contributed by atoms with Gasteiger partial charge in [0.1, 0.15) is 43.1 Å². The van der Waals surface area contributed by atoms with Crippen molar-refractivity contribution in [2.75, 3.05) is 52.1 Å². The lowest BCUT2D eigenvalue weighted by Gasteiger charge is -2.38. The standard InChI is InChI=1S/C49H67F3N6O5Si/c1-12-13-15-23-58(48(59)63-49(8,9)10)56-46-40-28-53-44(43(52)45(40)54-47(55-46)61-30-35(27-50)29-57-21-16-14-17-22-57)39-26-37(62-31-60-11)25-36-18-19-41(51)38(42(36)39)20-24-64(32(2)3,33(4)5)34(6)7/h18-19,25-28,32-34H,12-17,21-23,29-31H2,1-11H3,(H,54,55,56)/b35-27+.